The van der Waals surface area contributed by atoms with Crippen LogP contribution in [0.5, 0.6) is 0 Å². The average Bonchev–Trinajstić information content (AvgIpc) is 2.78. The van der Waals surface area contributed by atoms with Gasteiger partial charge < -0.3 is 4.42 Å². The van der Waals surface area contributed by atoms with Crippen molar-refractivity contribution >= 4 is 15.9 Å². The predicted octanol–water partition coefficient (Wildman–Crippen LogP) is 2.37. The zero-order valence-electron chi connectivity index (χ0n) is 8.09. The van der Waals surface area contributed by atoms with Crippen LogP contribution >= 0.6 is 15.9 Å². The monoisotopic (exact) mass is 268 g/mol. The number of aromatic nitrogens is 4. The molecule has 2 heterocycles. The molecule has 2 aromatic rings. The van der Waals surface area contributed by atoms with Gasteiger partial charge in [-0.15, -0.1) is 10.2 Å². The lowest BCUT2D eigenvalue weighted by Crippen LogP contribution is -1.86. The van der Waals surface area contributed by atoms with E-state index in [1.54, 1.807) is 12.3 Å². The largest absolute Gasteiger partial charge is 0.418 e. The van der Waals surface area contributed by atoms with E-state index in [-0.39, 0.29) is 4.83 Å². The van der Waals surface area contributed by atoms with E-state index in [2.05, 4.69) is 36.1 Å². The summed E-state index contributed by atoms with van der Waals surface area (Å²) in [6.45, 7) is 2.04. The lowest BCUT2D eigenvalue weighted by atomic mass is 10.3. The van der Waals surface area contributed by atoms with Gasteiger partial charge in [0, 0.05) is 6.20 Å². The minimum Gasteiger partial charge on any atom is -0.418 e. The van der Waals surface area contributed by atoms with E-state index >= 15 is 0 Å². The topological polar surface area (TPSA) is 64.7 Å². The molecule has 2 rings (SSSR count). The van der Waals surface area contributed by atoms with Gasteiger partial charge in [0.1, 0.15) is 12.0 Å². The summed E-state index contributed by atoms with van der Waals surface area (Å²) in [6, 6.07) is 1.73. The van der Waals surface area contributed by atoms with Crippen molar-refractivity contribution in [3.63, 3.8) is 0 Å². The van der Waals surface area contributed by atoms with Gasteiger partial charge in [-0.1, -0.05) is 22.9 Å². The smallest absolute Gasteiger partial charge is 0.266 e. The quantitative estimate of drug-likeness (QED) is 0.800. The molecule has 0 aromatic carbocycles. The van der Waals surface area contributed by atoms with E-state index in [4.69, 9.17) is 4.42 Å². The summed E-state index contributed by atoms with van der Waals surface area (Å²) in [4.78, 5) is 7.94. The molecule has 2 aromatic heterocycles. The molecule has 0 aliphatic heterocycles. The van der Waals surface area contributed by atoms with Crippen molar-refractivity contribution in [3.05, 3.63) is 24.5 Å². The first-order chi connectivity index (χ1) is 7.31. The molecule has 0 aliphatic carbocycles. The van der Waals surface area contributed by atoms with Gasteiger partial charge >= 0.3 is 0 Å². The van der Waals surface area contributed by atoms with Crippen molar-refractivity contribution in [2.24, 2.45) is 0 Å². The van der Waals surface area contributed by atoms with Gasteiger partial charge in [-0.2, -0.15) is 0 Å². The molecule has 0 amide bonds. The Labute approximate surface area is 95.1 Å². The van der Waals surface area contributed by atoms with Crippen molar-refractivity contribution < 1.29 is 4.42 Å². The maximum atomic E-state index is 5.46. The third-order valence-electron chi connectivity index (χ3n) is 1.87. The van der Waals surface area contributed by atoms with E-state index in [0.717, 1.165) is 6.42 Å². The van der Waals surface area contributed by atoms with Crippen LogP contribution in [0.4, 0.5) is 0 Å². The number of halogens is 1. The molecule has 1 atom stereocenters. The first-order valence-electron chi connectivity index (χ1n) is 4.55. The highest BCUT2D eigenvalue weighted by Gasteiger charge is 2.14. The summed E-state index contributed by atoms with van der Waals surface area (Å²) in [5.41, 5.74) is 0.638. The summed E-state index contributed by atoms with van der Waals surface area (Å²) in [5.74, 6) is 0.997. The lowest BCUT2D eigenvalue weighted by molar-refractivity contribution is 0.499. The Morgan fingerprint density at radius 3 is 3.00 bits per heavy atom. The maximum absolute atomic E-state index is 5.46. The molecule has 6 heteroatoms. The number of nitrogens with zero attached hydrogens (tertiary/aromatic N) is 4. The van der Waals surface area contributed by atoms with E-state index in [0.29, 0.717) is 17.5 Å². The van der Waals surface area contributed by atoms with Gasteiger partial charge in [-0.05, 0) is 12.5 Å². The van der Waals surface area contributed by atoms with Crippen molar-refractivity contribution in [1.29, 1.82) is 0 Å². The molecule has 78 valence electrons. The Morgan fingerprint density at radius 2 is 2.33 bits per heavy atom. The summed E-state index contributed by atoms with van der Waals surface area (Å²) >= 11 is 3.44. The fourth-order valence-corrected chi connectivity index (χ4v) is 1.24. The van der Waals surface area contributed by atoms with Crippen molar-refractivity contribution in [3.8, 4) is 11.6 Å². The van der Waals surface area contributed by atoms with E-state index in [9.17, 15) is 0 Å². The number of alkyl halides is 1. The normalized spacial score (nSPS) is 12.7. The summed E-state index contributed by atoms with van der Waals surface area (Å²) < 4.78 is 5.46. The Morgan fingerprint density at radius 1 is 1.47 bits per heavy atom. The van der Waals surface area contributed by atoms with Crippen LogP contribution in [0.1, 0.15) is 24.1 Å². The molecule has 5 nitrogen and oxygen atoms in total. The fourth-order valence-electron chi connectivity index (χ4n) is 1.06. The molecule has 1 unspecified atom stereocenters. The molecule has 0 saturated heterocycles. The predicted molar refractivity (Wildman–Crippen MR) is 57.3 cm³/mol. The number of hydrogen-bond donors (Lipinski definition) is 0. The second kappa shape index (κ2) is 4.48. The van der Waals surface area contributed by atoms with Crippen LogP contribution in [0, 0.1) is 0 Å². The van der Waals surface area contributed by atoms with Crippen molar-refractivity contribution in [2.45, 2.75) is 18.2 Å². The molecule has 0 bridgehead atoms. The van der Waals surface area contributed by atoms with Crippen LogP contribution in [0.25, 0.3) is 11.6 Å². The van der Waals surface area contributed by atoms with Gasteiger partial charge in [0.2, 0.25) is 5.89 Å². The van der Waals surface area contributed by atoms with Crippen LogP contribution in [0.15, 0.2) is 23.0 Å². The van der Waals surface area contributed by atoms with E-state index < -0.39 is 0 Å². The molecular formula is C9H9BrN4O. The molecule has 0 radical (unpaired) electrons. The average molecular weight is 269 g/mol. The molecule has 15 heavy (non-hydrogen) atoms. The maximum Gasteiger partial charge on any atom is 0.266 e. The zero-order valence-corrected chi connectivity index (χ0v) is 9.68. The lowest BCUT2D eigenvalue weighted by Gasteiger charge is -1.97. The summed E-state index contributed by atoms with van der Waals surface area (Å²) in [7, 11) is 0. The fraction of sp³-hybridized carbons (Fsp3) is 0.333. The van der Waals surface area contributed by atoms with Crippen LogP contribution in [0.3, 0.4) is 0 Å². The van der Waals surface area contributed by atoms with Crippen LogP contribution in [-0.4, -0.2) is 20.2 Å². The highest BCUT2D eigenvalue weighted by Crippen LogP contribution is 2.26. The van der Waals surface area contributed by atoms with Crippen molar-refractivity contribution in [2.75, 3.05) is 0 Å². The molecular weight excluding hydrogens is 260 g/mol. The second-order valence-electron chi connectivity index (χ2n) is 2.92. The van der Waals surface area contributed by atoms with Gasteiger partial charge in [0.25, 0.3) is 5.89 Å². The first-order valence-corrected chi connectivity index (χ1v) is 5.46. The minimum absolute atomic E-state index is 0.0978. The SMILES string of the molecule is CCC(Br)c1nnc(-c2ccncn2)o1. The third-order valence-corrected chi connectivity index (χ3v) is 2.91. The number of rotatable bonds is 3. The van der Waals surface area contributed by atoms with E-state index in [1.807, 2.05) is 6.92 Å². The standard InChI is InChI=1S/C9H9BrN4O/c1-2-6(10)8-13-14-9(15-8)7-3-4-11-5-12-7/h3-6H,2H2,1H3. The highest BCUT2D eigenvalue weighted by atomic mass is 79.9. The summed E-state index contributed by atoms with van der Waals surface area (Å²) in [6.07, 6.45) is 3.98. The second-order valence-corrected chi connectivity index (χ2v) is 4.02. The molecule has 0 spiro atoms. The third kappa shape index (κ3) is 2.20. The molecule has 0 aliphatic rings. The molecule has 0 N–H and O–H groups in total. The van der Waals surface area contributed by atoms with Crippen LogP contribution in [-0.2, 0) is 0 Å². The van der Waals surface area contributed by atoms with Gasteiger partial charge in [-0.25, -0.2) is 9.97 Å². The van der Waals surface area contributed by atoms with Crippen LogP contribution in [0.2, 0.25) is 0 Å². The summed E-state index contributed by atoms with van der Waals surface area (Å²) in [5, 5.41) is 7.86. The highest BCUT2D eigenvalue weighted by molar-refractivity contribution is 9.09. The first kappa shape index (κ1) is 10.2. The zero-order chi connectivity index (χ0) is 10.7. The molecule has 0 saturated carbocycles. The van der Waals surface area contributed by atoms with Gasteiger partial charge in [0.05, 0.1) is 4.83 Å². The Balaban J connectivity index is 2.28. The van der Waals surface area contributed by atoms with Crippen molar-refractivity contribution in [1.82, 2.24) is 20.2 Å². The Hall–Kier alpha value is -1.30. The van der Waals surface area contributed by atoms with Crippen LogP contribution < -0.4 is 0 Å². The van der Waals surface area contributed by atoms with Gasteiger partial charge in [-0.3, -0.25) is 0 Å². The Bertz CT molecular complexity index is 431. The molecule has 0 fully saturated rings. The Kier molecular flexibility index (Phi) is 3.05. The number of hydrogen-bond acceptors (Lipinski definition) is 5. The minimum atomic E-state index is 0.0978. The van der Waals surface area contributed by atoms with Gasteiger partial charge in [0.15, 0.2) is 0 Å². The van der Waals surface area contributed by atoms with E-state index in [1.165, 1.54) is 6.33 Å².